The molecule has 0 fully saturated rings. The summed E-state index contributed by atoms with van der Waals surface area (Å²) in [6, 6.07) is 2.28. The summed E-state index contributed by atoms with van der Waals surface area (Å²) < 4.78 is 55.6. The van der Waals surface area contributed by atoms with Crippen molar-refractivity contribution < 1.29 is 22.3 Å². The zero-order valence-corrected chi connectivity index (χ0v) is 9.98. The molecule has 0 aliphatic rings. The largest absolute Gasteiger partial charge is 0.416 e. The van der Waals surface area contributed by atoms with Gasteiger partial charge in [0.05, 0.1) is 17.9 Å². The summed E-state index contributed by atoms with van der Waals surface area (Å²) >= 11 is 0. The van der Waals surface area contributed by atoms with Gasteiger partial charge in [0.1, 0.15) is 5.82 Å². The average Bonchev–Trinajstić information content (AvgIpc) is 2.29. The molecule has 0 radical (unpaired) electrons. The highest BCUT2D eigenvalue weighted by Gasteiger charge is 2.31. The standard InChI is InChI=1S/C12H15F4NO/c1-2-6-18-7-5-17-11-8-9(12(14,15)16)3-4-10(11)13/h3-4,8,17H,2,5-7H2,1H3. The Labute approximate surface area is 103 Å². The van der Waals surface area contributed by atoms with E-state index in [2.05, 4.69) is 5.32 Å². The lowest BCUT2D eigenvalue weighted by Crippen LogP contribution is -2.12. The van der Waals surface area contributed by atoms with Crippen LogP contribution in [0.1, 0.15) is 18.9 Å². The van der Waals surface area contributed by atoms with E-state index in [1.165, 1.54) is 0 Å². The van der Waals surface area contributed by atoms with Crippen LogP contribution in [-0.4, -0.2) is 19.8 Å². The van der Waals surface area contributed by atoms with Crippen molar-refractivity contribution in [3.63, 3.8) is 0 Å². The van der Waals surface area contributed by atoms with E-state index in [0.717, 1.165) is 18.6 Å². The summed E-state index contributed by atoms with van der Waals surface area (Å²) in [6.07, 6.45) is -3.61. The predicted molar refractivity (Wildman–Crippen MR) is 61.0 cm³/mol. The number of rotatable bonds is 6. The van der Waals surface area contributed by atoms with Gasteiger partial charge in [-0.3, -0.25) is 0 Å². The van der Waals surface area contributed by atoms with Crippen molar-refractivity contribution in [2.45, 2.75) is 19.5 Å². The predicted octanol–water partition coefficient (Wildman–Crippen LogP) is 3.68. The molecule has 0 aliphatic carbocycles. The first-order valence-corrected chi connectivity index (χ1v) is 5.63. The van der Waals surface area contributed by atoms with Gasteiger partial charge in [0.25, 0.3) is 0 Å². The Morgan fingerprint density at radius 3 is 2.56 bits per heavy atom. The Balaban J connectivity index is 2.59. The minimum absolute atomic E-state index is 0.162. The molecule has 0 saturated carbocycles. The third kappa shape index (κ3) is 4.52. The zero-order chi connectivity index (χ0) is 13.6. The van der Waals surface area contributed by atoms with Crippen LogP contribution in [0.4, 0.5) is 23.2 Å². The van der Waals surface area contributed by atoms with E-state index in [0.29, 0.717) is 19.3 Å². The molecule has 0 saturated heterocycles. The Hall–Kier alpha value is -1.30. The summed E-state index contributed by atoms with van der Waals surface area (Å²) in [5, 5.41) is 2.58. The third-order valence-corrected chi connectivity index (χ3v) is 2.20. The molecule has 1 aromatic carbocycles. The van der Waals surface area contributed by atoms with Gasteiger partial charge < -0.3 is 10.1 Å². The van der Waals surface area contributed by atoms with Gasteiger partial charge in [-0.05, 0) is 24.6 Å². The molecule has 1 aromatic rings. The highest BCUT2D eigenvalue weighted by molar-refractivity contribution is 5.48. The van der Waals surface area contributed by atoms with E-state index >= 15 is 0 Å². The minimum atomic E-state index is -4.47. The lowest BCUT2D eigenvalue weighted by Gasteiger charge is -2.11. The van der Waals surface area contributed by atoms with Crippen LogP contribution in [0.15, 0.2) is 18.2 Å². The summed E-state index contributed by atoms with van der Waals surface area (Å²) in [7, 11) is 0. The van der Waals surface area contributed by atoms with E-state index in [1.54, 1.807) is 0 Å². The highest BCUT2D eigenvalue weighted by atomic mass is 19.4. The fourth-order valence-corrected chi connectivity index (χ4v) is 1.34. The number of benzene rings is 1. The van der Waals surface area contributed by atoms with E-state index in [9.17, 15) is 17.6 Å². The van der Waals surface area contributed by atoms with Crippen LogP contribution in [0.5, 0.6) is 0 Å². The lowest BCUT2D eigenvalue weighted by atomic mass is 10.2. The van der Waals surface area contributed by atoms with Crippen molar-refractivity contribution in [2.24, 2.45) is 0 Å². The third-order valence-electron chi connectivity index (χ3n) is 2.20. The van der Waals surface area contributed by atoms with Gasteiger partial charge in [0.2, 0.25) is 0 Å². The van der Waals surface area contributed by atoms with Crippen LogP contribution in [0, 0.1) is 5.82 Å². The number of nitrogens with one attached hydrogen (secondary N) is 1. The van der Waals surface area contributed by atoms with Gasteiger partial charge in [0, 0.05) is 13.2 Å². The molecule has 18 heavy (non-hydrogen) atoms. The fourth-order valence-electron chi connectivity index (χ4n) is 1.34. The molecule has 1 rings (SSSR count). The molecule has 6 heteroatoms. The monoisotopic (exact) mass is 265 g/mol. The van der Waals surface area contributed by atoms with Crippen molar-refractivity contribution in [3.05, 3.63) is 29.6 Å². The molecule has 0 amide bonds. The van der Waals surface area contributed by atoms with Crippen LogP contribution in [-0.2, 0) is 10.9 Å². The summed E-state index contributed by atoms with van der Waals surface area (Å²) in [5.41, 5.74) is -1.04. The second kappa shape index (κ2) is 6.58. The van der Waals surface area contributed by atoms with Crippen molar-refractivity contribution >= 4 is 5.69 Å². The van der Waals surface area contributed by atoms with Crippen molar-refractivity contribution in [2.75, 3.05) is 25.1 Å². The number of alkyl halides is 3. The molecule has 1 N–H and O–H groups in total. The Kier molecular flexibility index (Phi) is 5.40. The molecular formula is C12H15F4NO. The second-order valence-corrected chi connectivity index (χ2v) is 3.73. The normalized spacial score (nSPS) is 11.6. The lowest BCUT2D eigenvalue weighted by molar-refractivity contribution is -0.137. The maximum Gasteiger partial charge on any atom is 0.416 e. The molecule has 0 bridgehead atoms. The molecule has 0 aromatic heterocycles. The molecule has 0 heterocycles. The first-order valence-electron chi connectivity index (χ1n) is 5.63. The molecular weight excluding hydrogens is 250 g/mol. The SMILES string of the molecule is CCCOCCNc1cc(C(F)(F)F)ccc1F. The van der Waals surface area contributed by atoms with Gasteiger partial charge in [0.15, 0.2) is 0 Å². The van der Waals surface area contributed by atoms with Crippen molar-refractivity contribution in [1.29, 1.82) is 0 Å². The quantitative estimate of drug-likeness (QED) is 0.625. The number of hydrogen-bond acceptors (Lipinski definition) is 2. The van der Waals surface area contributed by atoms with Crippen LogP contribution in [0.3, 0.4) is 0 Å². The van der Waals surface area contributed by atoms with Gasteiger partial charge in [-0.25, -0.2) is 4.39 Å². The second-order valence-electron chi connectivity index (χ2n) is 3.73. The van der Waals surface area contributed by atoms with Crippen LogP contribution >= 0.6 is 0 Å². The number of halogens is 4. The van der Waals surface area contributed by atoms with E-state index in [-0.39, 0.29) is 12.2 Å². The Bertz CT molecular complexity index is 379. The first-order chi connectivity index (χ1) is 8.45. The number of hydrogen-bond donors (Lipinski definition) is 1. The molecule has 0 atom stereocenters. The number of ether oxygens (including phenoxy) is 1. The Morgan fingerprint density at radius 2 is 1.94 bits per heavy atom. The van der Waals surface area contributed by atoms with Gasteiger partial charge in [-0.15, -0.1) is 0 Å². The van der Waals surface area contributed by atoms with Crippen LogP contribution in [0.2, 0.25) is 0 Å². The highest BCUT2D eigenvalue weighted by Crippen LogP contribution is 2.31. The topological polar surface area (TPSA) is 21.3 Å². The van der Waals surface area contributed by atoms with Crippen LogP contribution in [0.25, 0.3) is 0 Å². The van der Waals surface area contributed by atoms with Gasteiger partial charge >= 0.3 is 6.18 Å². The molecule has 0 aliphatic heterocycles. The zero-order valence-electron chi connectivity index (χ0n) is 9.98. The summed E-state index contributed by atoms with van der Waals surface area (Å²) in [5.74, 6) is -0.710. The number of anilines is 1. The molecule has 0 spiro atoms. The first kappa shape index (κ1) is 14.8. The summed E-state index contributed by atoms with van der Waals surface area (Å²) in [6.45, 7) is 3.11. The molecule has 0 unspecified atom stereocenters. The van der Waals surface area contributed by atoms with Crippen molar-refractivity contribution in [3.8, 4) is 0 Å². The van der Waals surface area contributed by atoms with Gasteiger partial charge in [-0.1, -0.05) is 6.92 Å². The van der Waals surface area contributed by atoms with E-state index < -0.39 is 17.6 Å². The molecule has 2 nitrogen and oxygen atoms in total. The minimum Gasteiger partial charge on any atom is -0.380 e. The van der Waals surface area contributed by atoms with E-state index in [1.807, 2.05) is 6.92 Å². The van der Waals surface area contributed by atoms with E-state index in [4.69, 9.17) is 4.74 Å². The smallest absolute Gasteiger partial charge is 0.380 e. The maximum absolute atomic E-state index is 13.3. The fraction of sp³-hybridized carbons (Fsp3) is 0.500. The Morgan fingerprint density at radius 1 is 1.22 bits per heavy atom. The van der Waals surface area contributed by atoms with Gasteiger partial charge in [-0.2, -0.15) is 13.2 Å². The maximum atomic E-state index is 13.3. The molecule has 102 valence electrons. The van der Waals surface area contributed by atoms with Crippen LogP contribution < -0.4 is 5.32 Å². The van der Waals surface area contributed by atoms with Crippen molar-refractivity contribution in [1.82, 2.24) is 0 Å². The summed E-state index contributed by atoms with van der Waals surface area (Å²) in [4.78, 5) is 0. The average molecular weight is 265 g/mol.